The molecular weight excluding hydrogens is 358 g/mol. The highest BCUT2D eigenvalue weighted by molar-refractivity contribution is 5.79. The second-order valence-corrected chi connectivity index (χ2v) is 7.97. The Morgan fingerprint density at radius 3 is 2.39 bits per heavy atom. The summed E-state index contributed by atoms with van der Waals surface area (Å²) in [5.74, 6) is 1.89. The van der Waals surface area contributed by atoms with Crippen molar-refractivity contribution in [1.29, 1.82) is 0 Å². The van der Waals surface area contributed by atoms with Crippen LogP contribution in [0.15, 0.2) is 18.2 Å². The Labute approximate surface area is 167 Å². The molecule has 0 bridgehead atoms. The number of methoxy groups -OCH3 is 2. The molecule has 7 nitrogen and oxygen atoms in total. The lowest BCUT2D eigenvalue weighted by atomic mass is 9.96. The molecule has 3 rings (SSSR count). The molecular formula is C21H33N3O4. The summed E-state index contributed by atoms with van der Waals surface area (Å²) in [6.45, 7) is 6.74. The van der Waals surface area contributed by atoms with Crippen LogP contribution in [0.25, 0.3) is 0 Å². The second kappa shape index (κ2) is 9.58. The van der Waals surface area contributed by atoms with E-state index in [0.29, 0.717) is 30.4 Å². The van der Waals surface area contributed by atoms with Gasteiger partial charge < -0.3 is 29.3 Å². The summed E-state index contributed by atoms with van der Waals surface area (Å²) in [6.07, 6.45) is 0.333. The number of aliphatic hydroxyl groups is 1. The van der Waals surface area contributed by atoms with Gasteiger partial charge in [0, 0.05) is 58.3 Å². The zero-order valence-electron chi connectivity index (χ0n) is 17.3. The molecule has 2 heterocycles. The van der Waals surface area contributed by atoms with Crippen molar-refractivity contribution in [2.45, 2.75) is 6.42 Å². The number of carbonyl (C=O) groups is 1. The zero-order chi connectivity index (χ0) is 20.1. The van der Waals surface area contributed by atoms with Gasteiger partial charge in [-0.2, -0.15) is 0 Å². The largest absolute Gasteiger partial charge is 0.493 e. The maximum absolute atomic E-state index is 12.9. The van der Waals surface area contributed by atoms with Crippen molar-refractivity contribution in [3.8, 4) is 11.5 Å². The van der Waals surface area contributed by atoms with E-state index in [1.54, 1.807) is 14.2 Å². The van der Waals surface area contributed by atoms with Gasteiger partial charge in [-0.25, -0.2) is 0 Å². The van der Waals surface area contributed by atoms with Crippen LogP contribution in [0.3, 0.4) is 0 Å². The number of aliphatic hydroxyl groups excluding tert-OH is 1. The normalized spacial score (nSPS) is 23.8. The monoisotopic (exact) mass is 391 g/mol. The molecule has 0 radical (unpaired) electrons. The molecule has 2 fully saturated rings. The molecule has 2 aliphatic heterocycles. The zero-order valence-corrected chi connectivity index (χ0v) is 17.3. The van der Waals surface area contributed by atoms with Crippen molar-refractivity contribution >= 4 is 5.91 Å². The van der Waals surface area contributed by atoms with Crippen molar-refractivity contribution in [1.82, 2.24) is 14.7 Å². The van der Waals surface area contributed by atoms with Crippen LogP contribution in [-0.2, 0) is 11.2 Å². The minimum absolute atomic E-state index is 0.103. The average Bonchev–Trinajstić information content (AvgIpc) is 3.12. The van der Waals surface area contributed by atoms with Crippen molar-refractivity contribution in [2.24, 2.45) is 11.8 Å². The van der Waals surface area contributed by atoms with Gasteiger partial charge in [0.25, 0.3) is 0 Å². The highest BCUT2D eigenvalue weighted by Gasteiger charge is 2.36. The van der Waals surface area contributed by atoms with Crippen LogP contribution in [0.1, 0.15) is 5.56 Å². The van der Waals surface area contributed by atoms with Gasteiger partial charge in [-0.15, -0.1) is 0 Å². The summed E-state index contributed by atoms with van der Waals surface area (Å²) >= 11 is 0. The van der Waals surface area contributed by atoms with E-state index in [-0.39, 0.29) is 18.4 Å². The third-order valence-electron chi connectivity index (χ3n) is 6.06. The van der Waals surface area contributed by atoms with E-state index in [4.69, 9.17) is 9.47 Å². The molecule has 0 unspecified atom stereocenters. The number of rotatable bonds is 7. The number of amides is 1. The van der Waals surface area contributed by atoms with Gasteiger partial charge in [0.1, 0.15) is 0 Å². The quantitative estimate of drug-likeness (QED) is 0.733. The number of hydrogen-bond donors (Lipinski definition) is 1. The first-order valence-corrected chi connectivity index (χ1v) is 10.0. The van der Waals surface area contributed by atoms with Crippen LogP contribution in [-0.4, -0.2) is 99.4 Å². The van der Waals surface area contributed by atoms with E-state index in [9.17, 15) is 9.90 Å². The minimum Gasteiger partial charge on any atom is -0.493 e. The van der Waals surface area contributed by atoms with Gasteiger partial charge in [0.15, 0.2) is 11.5 Å². The van der Waals surface area contributed by atoms with Gasteiger partial charge in [-0.3, -0.25) is 4.79 Å². The van der Waals surface area contributed by atoms with Crippen molar-refractivity contribution in [3.63, 3.8) is 0 Å². The lowest BCUT2D eigenvalue weighted by Gasteiger charge is -2.34. The molecule has 0 aliphatic carbocycles. The fraction of sp³-hybridized carbons (Fsp3) is 0.667. The molecule has 0 saturated carbocycles. The topological polar surface area (TPSA) is 65.5 Å². The number of carbonyl (C=O) groups excluding carboxylic acids is 1. The summed E-state index contributed by atoms with van der Waals surface area (Å²) < 4.78 is 10.6. The molecule has 1 N–H and O–H groups in total. The maximum Gasteiger partial charge on any atom is 0.227 e. The molecule has 0 aromatic heterocycles. The van der Waals surface area contributed by atoms with Gasteiger partial charge in [0.05, 0.1) is 20.6 Å². The maximum atomic E-state index is 12.9. The van der Waals surface area contributed by atoms with Gasteiger partial charge in [-0.1, -0.05) is 6.07 Å². The highest BCUT2D eigenvalue weighted by Crippen LogP contribution is 2.29. The third-order valence-corrected chi connectivity index (χ3v) is 6.06. The summed E-state index contributed by atoms with van der Waals surface area (Å²) in [7, 11) is 5.35. The van der Waals surface area contributed by atoms with Crippen molar-refractivity contribution in [3.05, 3.63) is 23.8 Å². The first-order valence-electron chi connectivity index (χ1n) is 10.0. The van der Waals surface area contributed by atoms with Crippen LogP contribution < -0.4 is 9.47 Å². The molecule has 0 spiro atoms. The molecule has 1 aromatic carbocycles. The molecule has 7 heteroatoms. The first kappa shape index (κ1) is 20.9. The van der Waals surface area contributed by atoms with Crippen LogP contribution in [0.2, 0.25) is 0 Å². The van der Waals surface area contributed by atoms with Crippen LogP contribution in [0.5, 0.6) is 11.5 Å². The molecule has 28 heavy (non-hydrogen) atoms. The molecule has 2 saturated heterocycles. The smallest absolute Gasteiger partial charge is 0.227 e. The average molecular weight is 392 g/mol. The van der Waals surface area contributed by atoms with Crippen LogP contribution in [0.4, 0.5) is 0 Å². The summed E-state index contributed by atoms with van der Waals surface area (Å²) in [5.41, 5.74) is 0.908. The van der Waals surface area contributed by atoms with Crippen molar-refractivity contribution < 1.29 is 19.4 Å². The standard InChI is InChI=1S/C21H33N3O4/c1-22-6-8-23(9-7-22)12-17-13-24(14-18(17)15-25)21(26)11-16-4-5-19(27-2)20(10-16)28-3/h4-5,10,17-18,25H,6-9,11-15H2,1-3H3/t17-,18-/m1/s1. The number of benzene rings is 1. The molecule has 1 aromatic rings. The lowest BCUT2D eigenvalue weighted by Crippen LogP contribution is -2.47. The van der Waals surface area contributed by atoms with E-state index in [0.717, 1.165) is 44.8 Å². The summed E-state index contributed by atoms with van der Waals surface area (Å²) in [5, 5.41) is 9.83. The lowest BCUT2D eigenvalue weighted by molar-refractivity contribution is -0.129. The number of piperazine rings is 1. The van der Waals surface area contributed by atoms with E-state index >= 15 is 0 Å². The molecule has 2 aliphatic rings. The predicted octanol–water partition coefficient (Wildman–Crippen LogP) is 0.561. The highest BCUT2D eigenvalue weighted by atomic mass is 16.5. The SMILES string of the molecule is COc1ccc(CC(=O)N2C[C@@H](CN3CCN(C)CC3)[C@@H](CO)C2)cc1OC. The Morgan fingerprint density at radius 1 is 1.07 bits per heavy atom. The summed E-state index contributed by atoms with van der Waals surface area (Å²) in [4.78, 5) is 19.6. The Morgan fingerprint density at radius 2 is 1.75 bits per heavy atom. The number of likely N-dealkylation sites (tertiary alicyclic amines) is 1. The Kier molecular flexibility index (Phi) is 7.15. The first-order chi connectivity index (χ1) is 13.5. The predicted molar refractivity (Wildman–Crippen MR) is 108 cm³/mol. The Hall–Kier alpha value is -1.83. The third kappa shape index (κ3) is 4.96. The van der Waals surface area contributed by atoms with E-state index < -0.39 is 0 Å². The number of likely N-dealkylation sites (N-methyl/N-ethyl adjacent to an activating group) is 1. The van der Waals surface area contributed by atoms with E-state index in [2.05, 4.69) is 16.8 Å². The molecule has 156 valence electrons. The number of ether oxygens (including phenoxy) is 2. The van der Waals surface area contributed by atoms with E-state index in [1.165, 1.54) is 0 Å². The van der Waals surface area contributed by atoms with Crippen molar-refractivity contribution in [2.75, 3.05) is 73.7 Å². The second-order valence-electron chi connectivity index (χ2n) is 7.97. The van der Waals surface area contributed by atoms with Gasteiger partial charge in [0.2, 0.25) is 5.91 Å². The molecule has 2 atom stereocenters. The molecule has 1 amide bonds. The van der Waals surface area contributed by atoms with Gasteiger partial charge in [-0.05, 0) is 30.7 Å². The number of nitrogens with zero attached hydrogens (tertiary/aromatic N) is 3. The fourth-order valence-corrected chi connectivity index (χ4v) is 4.20. The minimum atomic E-state index is 0.103. The summed E-state index contributed by atoms with van der Waals surface area (Å²) in [6, 6.07) is 5.59. The number of hydrogen-bond acceptors (Lipinski definition) is 6. The van der Waals surface area contributed by atoms with Crippen LogP contribution >= 0.6 is 0 Å². The van der Waals surface area contributed by atoms with Crippen LogP contribution in [0, 0.1) is 11.8 Å². The van der Waals surface area contributed by atoms with E-state index in [1.807, 2.05) is 23.1 Å². The Balaban J connectivity index is 1.58. The Bertz CT molecular complexity index is 661. The fourth-order valence-electron chi connectivity index (χ4n) is 4.20. The van der Waals surface area contributed by atoms with Gasteiger partial charge >= 0.3 is 0 Å².